The van der Waals surface area contributed by atoms with Crippen molar-refractivity contribution in [3.63, 3.8) is 0 Å². The van der Waals surface area contributed by atoms with Gasteiger partial charge < -0.3 is 5.73 Å². The van der Waals surface area contributed by atoms with E-state index in [2.05, 4.69) is 38.0 Å². The smallest absolute Gasteiger partial charge is 0.239 e. The number of anilines is 1. The van der Waals surface area contributed by atoms with E-state index < -0.39 is 0 Å². The van der Waals surface area contributed by atoms with Gasteiger partial charge in [-0.3, -0.25) is 4.68 Å². The molecule has 0 spiro atoms. The van der Waals surface area contributed by atoms with Crippen LogP contribution in [0, 0.1) is 0 Å². The van der Waals surface area contributed by atoms with Gasteiger partial charge in [-0.15, -0.1) is 5.10 Å². The standard InChI is InChI=1S/C9H13BrN6/c1-3-6-8(10)7(15(2)13-6)4-16-5-12-9(11)14-16/h5H,3-4H2,1-2H3,(H2,11,14). The highest BCUT2D eigenvalue weighted by molar-refractivity contribution is 9.10. The Bertz CT molecular complexity index is 500. The molecule has 2 N–H and O–H groups in total. The summed E-state index contributed by atoms with van der Waals surface area (Å²) in [7, 11) is 1.92. The maximum Gasteiger partial charge on any atom is 0.239 e. The van der Waals surface area contributed by atoms with Gasteiger partial charge in [0.05, 0.1) is 22.4 Å². The summed E-state index contributed by atoms with van der Waals surface area (Å²) in [5, 5.41) is 8.45. The Labute approximate surface area is 102 Å². The fourth-order valence-electron chi connectivity index (χ4n) is 1.53. The van der Waals surface area contributed by atoms with E-state index in [4.69, 9.17) is 5.73 Å². The lowest BCUT2D eigenvalue weighted by Gasteiger charge is -2.02. The third-order valence-electron chi connectivity index (χ3n) is 2.37. The molecule has 0 fully saturated rings. The van der Waals surface area contributed by atoms with E-state index in [-0.39, 0.29) is 5.95 Å². The molecule has 0 radical (unpaired) electrons. The first kappa shape index (κ1) is 11.1. The Morgan fingerprint density at radius 3 is 2.69 bits per heavy atom. The Hall–Kier alpha value is -1.37. The van der Waals surface area contributed by atoms with Crippen LogP contribution < -0.4 is 5.73 Å². The summed E-state index contributed by atoms with van der Waals surface area (Å²) in [6.45, 7) is 2.68. The molecule has 2 aromatic rings. The van der Waals surface area contributed by atoms with Crippen LogP contribution in [-0.4, -0.2) is 24.5 Å². The molecule has 0 bridgehead atoms. The molecule has 0 aliphatic heterocycles. The van der Waals surface area contributed by atoms with Crippen molar-refractivity contribution in [3.05, 3.63) is 22.2 Å². The average Bonchev–Trinajstić information content (AvgIpc) is 2.77. The molecular weight excluding hydrogens is 272 g/mol. The summed E-state index contributed by atoms with van der Waals surface area (Å²) in [5.74, 6) is 0.286. The quantitative estimate of drug-likeness (QED) is 0.911. The maximum absolute atomic E-state index is 5.46. The third kappa shape index (κ3) is 1.95. The second-order valence-corrected chi connectivity index (χ2v) is 4.28. The van der Waals surface area contributed by atoms with Crippen molar-refractivity contribution >= 4 is 21.9 Å². The van der Waals surface area contributed by atoms with E-state index in [0.29, 0.717) is 6.54 Å². The number of rotatable bonds is 3. The molecule has 0 aliphatic carbocycles. The molecule has 0 saturated carbocycles. The normalized spacial score (nSPS) is 10.9. The zero-order valence-corrected chi connectivity index (χ0v) is 10.8. The zero-order chi connectivity index (χ0) is 11.7. The van der Waals surface area contributed by atoms with Gasteiger partial charge in [-0.2, -0.15) is 5.10 Å². The summed E-state index contributed by atoms with van der Waals surface area (Å²) >= 11 is 3.55. The Morgan fingerprint density at radius 2 is 2.19 bits per heavy atom. The lowest BCUT2D eigenvalue weighted by atomic mass is 10.3. The Balaban J connectivity index is 2.30. The van der Waals surface area contributed by atoms with Gasteiger partial charge in [0.1, 0.15) is 6.33 Å². The number of nitrogens with two attached hydrogens (primary N) is 1. The van der Waals surface area contributed by atoms with E-state index in [1.807, 2.05) is 11.7 Å². The van der Waals surface area contributed by atoms with E-state index in [0.717, 1.165) is 22.3 Å². The van der Waals surface area contributed by atoms with Crippen LogP contribution in [0.2, 0.25) is 0 Å². The van der Waals surface area contributed by atoms with Gasteiger partial charge in [0, 0.05) is 7.05 Å². The lowest BCUT2D eigenvalue weighted by Crippen LogP contribution is -2.06. The molecule has 2 aromatic heterocycles. The largest absolute Gasteiger partial charge is 0.367 e. The summed E-state index contributed by atoms with van der Waals surface area (Å²) < 4.78 is 4.57. The van der Waals surface area contributed by atoms with Crippen LogP contribution in [0.25, 0.3) is 0 Å². The maximum atomic E-state index is 5.46. The summed E-state index contributed by atoms with van der Waals surface area (Å²) in [6, 6.07) is 0. The Morgan fingerprint density at radius 1 is 1.44 bits per heavy atom. The first-order chi connectivity index (χ1) is 7.61. The van der Waals surface area contributed by atoms with Crippen molar-refractivity contribution in [2.24, 2.45) is 7.05 Å². The van der Waals surface area contributed by atoms with Crippen LogP contribution in [0.4, 0.5) is 5.95 Å². The fourth-order valence-corrected chi connectivity index (χ4v) is 2.27. The fraction of sp³-hybridized carbons (Fsp3) is 0.444. The molecule has 0 atom stereocenters. The van der Waals surface area contributed by atoms with Crippen molar-refractivity contribution < 1.29 is 0 Å². The van der Waals surface area contributed by atoms with Crippen molar-refractivity contribution in [3.8, 4) is 0 Å². The van der Waals surface area contributed by atoms with Gasteiger partial charge in [0.15, 0.2) is 0 Å². The highest BCUT2D eigenvalue weighted by atomic mass is 79.9. The van der Waals surface area contributed by atoms with Gasteiger partial charge in [-0.25, -0.2) is 9.67 Å². The van der Waals surface area contributed by atoms with Crippen LogP contribution in [0.1, 0.15) is 18.3 Å². The SMILES string of the molecule is CCc1nn(C)c(Cn2cnc(N)n2)c1Br. The summed E-state index contributed by atoms with van der Waals surface area (Å²) in [4.78, 5) is 3.88. The molecule has 6 nitrogen and oxygen atoms in total. The minimum absolute atomic E-state index is 0.286. The Kier molecular flexibility index (Phi) is 2.95. The topological polar surface area (TPSA) is 74.5 Å². The molecule has 2 heterocycles. The number of halogens is 1. The monoisotopic (exact) mass is 284 g/mol. The summed E-state index contributed by atoms with van der Waals surface area (Å²) in [6.07, 6.45) is 2.51. The van der Waals surface area contributed by atoms with Crippen LogP contribution in [-0.2, 0) is 20.0 Å². The highest BCUT2D eigenvalue weighted by Gasteiger charge is 2.13. The first-order valence-corrected chi connectivity index (χ1v) is 5.76. The van der Waals surface area contributed by atoms with Crippen molar-refractivity contribution in [1.82, 2.24) is 24.5 Å². The molecular formula is C9H13BrN6. The number of hydrogen-bond acceptors (Lipinski definition) is 4. The number of hydrogen-bond donors (Lipinski definition) is 1. The number of aryl methyl sites for hydroxylation is 2. The number of nitrogens with zero attached hydrogens (tertiary/aromatic N) is 5. The molecule has 7 heteroatoms. The molecule has 0 aromatic carbocycles. The third-order valence-corrected chi connectivity index (χ3v) is 3.28. The van der Waals surface area contributed by atoms with Gasteiger partial charge in [0.25, 0.3) is 0 Å². The minimum Gasteiger partial charge on any atom is -0.367 e. The van der Waals surface area contributed by atoms with Crippen LogP contribution >= 0.6 is 15.9 Å². The predicted octanol–water partition coefficient (Wildman–Crippen LogP) is 0.967. The predicted molar refractivity (Wildman–Crippen MR) is 63.8 cm³/mol. The number of nitrogen functional groups attached to an aromatic ring is 1. The van der Waals surface area contributed by atoms with Crippen molar-refractivity contribution in [2.75, 3.05) is 5.73 Å². The van der Waals surface area contributed by atoms with Gasteiger partial charge in [-0.05, 0) is 22.4 Å². The molecule has 0 saturated heterocycles. The second kappa shape index (κ2) is 4.25. The molecule has 0 aliphatic rings. The molecule has 2 rings (SSSR count). The van der Waals surface area contributed by atoms with Crippen LogP contribution in [0.5, 0.6) is 0 Å². The first-order valence-electron chi connectivity index (χ1n) is 4.97. The van der Waals surface area contributed by atoms with Gasteiger partial charge in [-0.1, -0.05) is 6.92 Å². The van der Waals surface area contributed by atoms with Crippen LogP contribution in [0.3, 0.4) is 0 Å². The van der Waals surface area contributed by atoms with Crippen molar-refractivity contribution in [2.45, 2.75) is 19.9 Å². The van der Waals surface area contributed by atoms with Gasteiger partial charge in [0.2, 0.25) is 5.95 Å². The second-order valence-electron chi connectivity index (χ2n) is 3.48. The van der Waals surface area contributed by atoms with Crippen molar-refractivity contribution in [1.29, 1.82) is 0 Å². The molecule has 0 unspecified atom stereocenters. The van der Waals surface area contributed by atoms with Gasteiger partial charge >= 0.3 is 0 Å². The molecule has 0 amide bonds. The van der Waals surface area contributed by atoms with E-state index in [1.165, 1.54) is 0 Å². The lowest BCUT2D eigenvalue weighted by molar-refractivity contribution is 0.616. The van der Waals surface area contributed by atoms with E-state index in [9.17, 15) is 0 Å². The minimum atomic E-state index is 0.286. The number of aromatic nitrogens is 5. The van der Waals surface area contributed by atoms with E-state index >= 15 is 0 Å². The average molecular weight is 285 g/mol. The summed E-state index contributed by atoms with van der Waals surface area (Å²) in [5.41, 5.74) is 7.57. The van der Waals surface area contributed by atoms with Crippen LogP contribution in [0.15, 0.2) is 10.8 Å². The van der Waals surface area contributed by atoms with E-state index in [1.54, 1.807) is 11.0 Å². The zero-order valence-electron chi connectivity index (χ0n) is 9.18. The molecule has 16 heavy (non-hydrogen) atoms. The highest BCUT2D eigenvalue weighted by Crippen LogP contribution is 2.22. The molecule has 86 valence electrons.